The molecule has 2 N–H and O–H groups in total. The van der Waals surface area contributed by atoms with Crippen molar-refractivity contribution >= 4 is 5.91 Å². The highest BCUT2D eigenvalue weighted by molar-refractivity contribution is 5.97. The Morgan fingerprint density at radius 1 is 1.29 bits per heavy atom. The zero-order valence-electron chi connectivity index (χ0n) is 7.60. The summed E-state index contributed by atoms with van der Waals surface area (Å²) < 4.78 is 0. The van der Waals surface area contributed by atoms with E-state index < -0.39 is 0 Å². The van der Waals surface area contributed by atoms with E-state index >= 15 is 0 Å². The maximum atomic E-state index is 11.6. The lowest BCUT2D eigenvalue weighted by Gasteiger charge is -2.31. The highest BCUT2D eigenvalue weighted by Gasteiger charge is 2.23. The number of carbonyl (C=O) groups excluding carboxylic acids is 1. The molecule has 0 aliphatic carbocycles. The Morgan fingerprint density at radius 3 is 2.50 bits per heavy atom. The van der Waals surface area contributed by atoms with Crippen LogP contribution in [0.4, 0.5) is 0 Å². The van der Waals surface area contributed by atoms with Crippen LogP contribution in [0.3, 0.4) is 0 Å². The molecule has 1 amide bonds. The fraction of sp³-hybridized carbons (Fsp3) is 0.300. The van der Waals surface area contributed by atoms with Crippen LogP contribution in [-0.4, -0.2) is 34.1 Å². The van der Waals surface area contributed by atoms with Gasteiger partial charge in [-0.2, -0.15) is 0 Å². The first-order valence-electron chi connectivity index (χ1n) is 4.50. The van der Waals surface area contributed by atoms with Crippen molar-refractivity contribution in [3.63, 3.8) is 0 Å². The lowest BCUT2D eigenvalue weighted by Crippen LogP contribution is -2.42. The molecule has 1 fully saturated rings. The summed E-state index contributed by atoms with van der Waals surface area (Å²) in [7, 11) is 0. The summed E-state index contributed by atoms with van der Waals surface area (Å²) in [6.45, 7) is 1.50. The Morgan fingerprint density at radius 2 is 2.00 bits per heavy atom. The Balaban J connectivity index is 2.26. The average molecular weight is 193 g/mol. The van der Waals surface area contributed by atoms with Crippen LogP contribution in [0.5, 0.6) is 11.5 Å². The van der Waals surface area contributed by atoms with Crippen LogP contribution < -0.4 is 0 Å². The predicted molar refractivity (Wildman–Crippen MR) is 50.3 cm³/mol. The zero-order chi connectivity index (χ0) is 10.1. The molecular formula is C10H11NO3. The number of phenols is 2. The van der Waals surface area contributed by atoms with Crippen LogP contribution >= 0.6 is 0 Å². The number of likely N-dealkylation sites (tertiary alicyclic amines) is 1. The largest absolute Gasteiger partial charge is 0.508 e. The fourth-order valence-corrected chi connectivity index (χ4v) is 1.39. The van der Waals surface area contributed by atoms with Crippen molar-refractivity contribution in [2.75, 3.05) is 13.1 Å². The van der Waals surface area contributed by atoms with E-state index in [1.807, 2.05) is 0 Å². The van der Waals surface area contributed by atoms with Crippen LogP contribution in [0.15, 0.2) is 18.2 Å². The van der Waals surface area contributed by atoms with Gasteiger partial charge in [0.25, 0.3) is 5.91 Å². The molecule has 0 bridgehead atoms. The highest BCUT2D eigenvalue weighted by atomic mass is 16.3. The maximum Gasteiger partial charge on any atom is 0.257 e. The monoisotopic (exact) mass is 193 g/mol. The first kappa shape index (κ1) is 8.87. The Bertz CT molecular complexity index is 372. The number of amides is 1. The summed E-state index contributed by atoms with van der Waals surface area (Å²) in [4.78, 5) is 13.3. The third-order valence-corrected chi connectivity index (χ3v) is 2.35. The minimum Gasteiger partial charge on any atom is -0.508 e. The molecule has 0 radical (unpaired) electrons. The molecule has 1 aromatic carbocycles. The van der Waals surface area contributed by atoms with Gasteiger partial charge in [0.15, 0.2) is 0 Å². The first-order chi connectivity index (χ1) is 6.68. The molecule has 4 heteroatoms. The molecule has 2 rings (SSSR count). The summed E-state index contributed by atoms with van der Waals surface area (Å²) in [5.74, 6) is -0.377. The zero-order valence-corrected chi connectivity index (χ0v) is 7.60. The van der Waals surface area contributed by atoms with Crippen molar-refractivity contribution in [2.45, 2.75) is 6.42 Å². The molecule has 1 aromatic rings. The van der Waals surface area contributed by atoms with E-state index in [1.54, 1.807) is 4.90 Å². The van der Waals surface area contributed by atoms with Crippen molar-refractivity contribution in [2.24, 2.45) is 0 Å². The molecule has 0 saturated carbocycles. The minimum atomic E-state index is -0.172. The van der Waals surface area contributed by atoms with E-state index in [1.165, 1.54) is 18.2 Å². The van der Waals surface area contributed by atoms with Crippen molar-refractivity contribution in [3.8, 4) is 11.5 Å². The predicted octanol–water partition coefficient (Wildman–Crippen LogP) is 0.944. The molecule has 14 heavy (non-hydrogen) atoms. The minimum absolute atomic E-state index is 0.0392. The third-order valence-electron chi connectivity index (χ3n) is 2.35. The molecule has 1 saturated heterocycles. The van der Waals surface area contributed by atoms with Crippen molar-refractivity contribution in [1.29, 1.82) is 0 Å². The van der Waals surface area contributed by atoms with Crippen LogP contribution in [-0.2, 0) is 0 Å². The summed E-state index contributed by atoms with van der Waals surface area (Å²) in [5.41, 5.74) is 0.252. The molecule has 74 valence electrons. The van der Waals surface area contributed by atoms with Gasteiger partial charge < -0.3 is 15.1 Å². The summed E-state index contributed by atoms with van der Waals surface area (Å²) >= 11 is 0. The lowest BCUT2D eigenvalue weighted by molar-refractivity contribution is 0.0648. The van der Waals surface area contributed by atoms with Crippen LogP contribution in [0, 0.1) is 0 Å². The number of hydrogen-bond acceptors (Lipinski definition) is 3. The quantitative estimate of drug-likeness (QED) is 0.697. The van der Waals surface area contributed by atoms with E-state index in [4.69, 9.17) is 5.11 Å². The maximum absolute atomic E-state index is 11.6. The van der Waals surface area contributed by atoms with E-state index in [0.29, 0.717) is 0 Å². The van der Waals surface area contributed by atoms with Gasteiger partial charge in [0.1, 0.15) is 11.5 Å². The Labute approximate surface area is 81.4 Å². The molecule has 1 aliphatic heterocycles. The number of aromatic hydroxyl groups is 2. The number of benzene rings is 1. The third kappa shape index (κ3) is 1.39. The number of nitrogens with zero attached hydrogens (tertiary/aromatic N) is 1. The van der Waals surface area contributed by atoms with Crippen LogP contribution in [0.1, 0.15) is 16.8 Å². The van der Waals surface area contributed by atoms with E-state index in [9.17, 15) is 9.90 Å². The molecule has 0 spiro atoms. The molecule has 0 atom stereocenters. The summed E-state index contributed by atoms with van der Waals surface area (Å²) in [6.07, 6.45) is 1.02. The van der Waals surface area contributed by atoms with Gasteiger partial charge in [0.2, 0.25) is 0 Å². The van der Waals surface area contributed by atoms with Crippen LogP contribution in [0.2, 0.25) is 0 Å². The Kier molecular flexibility index (Phi) is 2.04. The van der Waals surface area contributed by atoms with Gasteiger partial charge in [-0.15, -0.1) is 0 Å². The van der Waals surface area contributed by atoms with Gasteiger partial charge in [0.05, 0.1) is 5.56 Å². The van der Waals surface area contributed by atoms with Gasteiger partial charge in [-0.25, -0.2) is 0 Å². The number of carbonyl (C=O) groups is 1. The number of phenolic OH excluding ortho intramolecular Hbond substituents is 2. The summed E-state index contributed by atoms with van der Waals surface area (Å²) in [5, 5.41) is 18.5. The van der Waals surface area contributed by atoms with Crippen molar-refractivity contribution < 1.29 is 15.0 Å². The van der Waals surface area contributed by atoms with Crippen molar-refractivity contribution in [3.05, 3.63) is 23.8 Å². The SMILES string of the molecule is O=C(c1ccc(O)cc1O)N1CCC1. The molecule has 0 aromatic heterocycles. The second kappa shape index (κ2) is 3.21. The molecule has 1 heterocycles. The second-order valence-electron chi connectivity index (χ2n) is 3.35. The Hall–Kier alpha value is -1.71. The fourth-order valence-electron chi connectivity index (χ4n) is 1.39. The molecule has 1 aliphatic rings. The summed E-state index contributed by atoms with van der Waals surface area (Å²) in [6, 6.07) is 4.01. The van der Waals surface area contributed by atoms with E-state index in [-0.39, 0.29) is 23.0 Å². The first-order valence-corrected chi connectivity index (χ1v) is 4.50. The van der Waals surface area contributed by atoms with Gasteiger partial charge in [-0.05, 0) is 18.6 Å². The number of rotatable bonds is 1. The average Bonchev–Trinajstić information content (AvgIpc) is 2.00. The van der Waals surface area contributed by atoms with E-state index in [2.05, 4.69) is 0 Å². The molecular weight excluding hydrogens is 182 g/mol. The lowest BCUT2D eigenvalue weighted by atomic mass is 10.1. The molecule has 4 nitrogen and oxygen atoms in total. The second-order valence-corrected chi connectivity index (χ2v) is 3.35. The number of hydrogen-bond donors (Lipinski definition) is 2. The van der Waals surface area contributed by atoms with E-state index in [0.717, 1.165) is 19.5 Å². The molecule has 0 unspecified atom stereocenters. The van der Waals surface area contributed by atoms with Gasteiger partial charge >= 0.3 is 0 Å². The normalized spacial score (nSPS) is 15.0. The topological polar surface area (TPSA) is 60.8 Å². The van der Waals surface area contributed by atoms with Gasteiger partial charge in [-0.3, -0.25) is 4.79 Å². The van der Waals surface area contributed by atoms with Crippen molar-refractivity contribution in [1.82, 2.24) is 4.90 Å². The smallest absolute Gasteiger partial charge is 0.257 e. The van der Waals surface area contributed by atoms with Gasteiger partial charge in [0, 0.05) is 19.2 Å². The van der Waals surface area contributed by atoms with Gasteiger partial charge in [-0.1, -0.05) is 0 Å². The standard InChI is InChI=1S/C10H11NO3/c12-7-2-3-8(9(13)6-7)10(14)11-4-1-5-11/h2-3,6,12-13H,1,4-5H2. The van der Waals surface area contributed by atoms with Crippen LogP contribution in [0.25, 0.3) is 0 Å². The highest BCUT2D eigenvalue weighted by Crippen LogP contribution is 2.25.